The summed E-state index contributed by atoms with van der Waals surface area (Å²) in [5.41, 5.74) is -0.660. The molecular formula is C14H23NO5. The molecule has 0 bridgehead atoms. The summed E-state index contributed by atoms with van der Waals surface area (Å²) in [6.45, 7) is 10.5. The summed E-state index contributed by atoms with van der Waals surface area (Å²) < 4.78 is 9.76. The number of nitrogens with one attached hydrogen (secondary N) is 1. The third kappa shape index (κ3) is 8.29. The van der Waals surface area contributed by atoms with Gasteiger partial charge in [-0.2, -0.15) is 0 Å². The molecule has 0 rings (SSSR count). The molecule has 114 valence electrons. The molecule has 6 heteroatoms. The molecular weight excluding hydrogens is 262 g/mol. The molecule has 0 aliphatic rings. The summed E-state index contributed by atoms with van der Waals surface area (Å²) in [6, 6.07) is -0.841. The third-order valence-electron chi connectivity index (χ3n) is 2.11. The van der Waals surface area contributed by atoms with Crippen molar-refractivity contribution in [3.63, 3.8) is 0 Å². The van der Waals surface area contributed by atoms with Gasteiger partial charge in [-0.05, 0) is 34.1 Å². The van der Waals surface area contributed by atoms with Crippen LogP contribution in [0.4, 0.5) is 4.79 Å². The van der Waals surface area contributed by atoms with Crippen molar-refractivity contribution < 1.29 is 23.9 Å². The molecule has 0 saturated carbocycles. The summed E-state index contributed by atoms with van der Waals surface area (Å²) in [5.74, 6) is -1.05. The van der Waals surface area contributed by atoms with Crippen molar-refractivity contribution >= 4 is 17.8 Å². The van der Waals surface area contributed by atoms with E-state index < -0.39 is 29.5 Å². The predicted octanol–water partition coefficient (Wildman–Crippen LogP) is 1.98. The Morgan fingerprint density at radius 1 is 1.30 bits per heavy atom. The van der Waals surface area contributed by atoms with E-state index in [9.17, 15) is 14.4 Å². The van der Waals surface area contributed by atoms with Gasteiger partial charge in [0.2, 0.25) is 0 Å². The van der Waals surface area contributed by atoms with Crippen molar-refractivity contribution in [1.29, 1.82) is 0 Å². The number of amides is 1. The van der Waals surface area contributed by atoms with Crippen molar-refractivity contribution in [3.05, 3.63) is 12.7 Å². The Morgan fingerprint density at radius 3 is 2.35 bits per heavy atom. The lowest BCUT2D eigenvalue weighted by atomic mass is 10.1. The highest BCUT2D eigenvalue weighted by molar-refractivity contribution is 5.99. The van der Waals surface area contributed by atoms with E-state index in [2.05, 4.69) is 11.9 Å². The quantitative estimate of drug-likeness (QED) is 0.439. The Kier molecular flexibility index (Phi) is 7.57. The fourth-order valence-corrected chi connectivity index (χ4v) is 1.36. The van der Waals surface area contributed by atoms with Gasteiger partial charge in [0.1, 0.15) is 12.0 Å². The number of alkyl carbamates (subject to hydrolysis) is 1. The minimum Gasteiger partial charge on any atom is -0.466 e. The number of hydrogen-bond donors (Lipinski definition) is 1. The number of esters is 1. The van der Waals surface area contributed by atoms with Gasteiger partial charge in [0.15, 0.2) is 5.78 Å². The van der Waals surface area contributed by atoms with Gasteiger partial charge >= 0.3 is 12.1 Å². The van der Waals surface area contributed by atoms with Gasteiger partial charge in [-0.1, -0.05) is 6.08 Å². The van der Waals surface area contributed by atoms with E-state index in [0.29, 0.717) is 0 Å². The van der Waals surface area contributed by atoms with Crippen molar-refractivity contribution in [3.8, 4) is 0 Å². The van der Waals surface area contributed by atoms with E-state index >= 15 is 0 Å². The van der Waals surface area contributed by atoms with Gasteiger partial charge < -0.3 is 14.8 Å². The number of carbonyl (C=O) groups excluding carboxylic acids is 3. The Balaban J connectivity index is 4.55. The van der Waals surface area contributed by atoms with Gasteiger partial charge in [0.05, 0.1) is 12.6 Å². The van der Waals surface area contributed by atoms with Crippen LogP contribution >= 0.6 is 0 Å². The third-order valence-corrected chi connectivity index (χ3v) is 2.11. The molecule has 6 nitrogen and oxygen atoms in total. The molecule has 0 heterocycles. The van der Waals surface area contributed by atoms with Crippen LogP contribution in [0.5, 0.6) is 0 Å². The van der Waals surface area contributed by atoms with Crippen LogP contribution in [0.2, 0.25) is 0 Å². The lowest BCUT2D eigenvalue weighted by molar-refractivity contribution is -0.146. The number of hydrogen-bond acceptors (Lipinski definition) is 5. The molecule has 0 radical (unpaired) electrons. The minimum absolute atomic E-state index is 0.206. The zero-order valence-corrected chi connectivity index (χ0v) is 12.5. The molecule has 1 N–H and O–H groups in total. The molecule has 1 atom stereocenters. The summed E-state index contributed by atoms with van der Waals surface area (Å²) in [6.07, 6.45) is 0.617. The van der Waals surface area contributed by atoms with Crippen LogP contribution in [0.3, 0.4) is 0 Å². The second-order valence-electron chi connectivity index (χ2n) is 5.17. The van der Waals surface area contributed by atoms with Crippen molar-refractivity contribution in [2.45, 2.75) is 52.2 Å². The van der Waals surface area contributed by atoms with Crippen LogP contribution in [-0.2, 0) is 19.1 Å². The van der Waals surface area contributed by atoms with E-state index in [1.165, 1.54) is 6.08 Å². The molecule has 0 saturated heterocycles. The molecule has 20 heavy (non-hydrogen) atoms. The van der Waals surface area contributed by atoms with Gasteiger partial charge in [0.25, 0.3) is 0 Å². The van der Waals surface area contributed by atoms with Crippen molar-refractivity contribution in [2.24, 2.45) is 0 Å². The van der Waals surface area contributed by atoms with Crippen LogP contribution in [-0.4, -0.2) is 36.1 Å². The van der Waals surface area contributed by atoms with Crippen LogP contribution in [0.25, 0.3) is 0 Å². The SMILES string of the molecule is C=CC[C@H](NC(=O)OC(C)(C)C)C(=O)CC(=O)OCC. The summed E-state index contributed by atoms with van der Waals surface area (Å²) in [5, 5.41) is 2.43. The molecule has 0 aliphatic carbocycles. The van der Waals surface area contributed by atoms with Crippen LogP contribution in [0.1, 0.15) is 40.5 Å². The average molecular weight is 285 g/mol. The van der Waals surface area contributed by atoms with Gasteiger partial charge in [-0.3, -0.25) is 9.59 Å². The second kappa shape index (κ2) is 8.35. The molecule has 0 aromatic rings. The first-order chi connectivity index (χ1) is 9.19. The largest absolute Gasteiger partial charge is 0.466 e. The fourth-order valence-electron chi connectivity index (χ4n) is 1.36. The first-order valence-electron chi connectivity index (χ1n) is 6.48. The maximum Gasteiger partial charge on any atom is 0.408 e. The highest BCUT2D eigenvalue weighted by Gasteiger charge is 2.25. The highest BCUT2D eigenvalue weighted by Crippen LogP contribution is 2.08. The van der Waals surface area contributed by atoms with Crippen LogP contribution in [0, 0.1) is 0 Å². The van der Waals surface area contributed by atoms with E-state index in [0.717, 1.165) is 0 Å². The number of ketones is 1. The van der Waals surface area contributed by atoms with E-state index in [4.69, 9.17) is 9.47 Å². The van der Waals surface area contributed by atoms with Gasteiger partial charge in [0, 0.05) is 0 Å². The van der Waals surface area contributed by atoms with Crippen molar-refractivity contribution in [2.75, 3.05) is 6.61 Å². The fraction of sp³-hybridized carbons (Fsp3) is 0.643. The minimum atomic E-state index is -0.841. The Labute approximate surface area is 119 Å². The van der Waals surface area contributed by atoms with E-state index in [-0.39, 0.29) is 19.4 Å². The topological polar surface area (TPSA) is 81.7 Å². The number of carbonyl (C=O) groups is 3. The highest BCUT2D eigenvalue weighted by atomic mass is 16.6. The Morgan fingerprint density at radius 2 is 1.90 bits per heavy atom. The zero-order valence-electron chi connectivity index (χ0n) is 12.5. The second-order valence-corrected chi connectivity index (χ2v) is 5.17. The van der Waals surface area contributed by atoms with E-state index in [1.807, 2.05) is 0 Å². The van der Waals surface area contributed by atoms with Crippen LogP contribution in [0.15, 0.2) is 12.7 Å². The van der Waals surface area contributed by atoms with Gasteiger partial charge in [-0.25, -0.2) is 4.79 Å². The lowest BCUT2D eigenvalue weighted by Crippen LogP contribution is -2.43. The summed E-state index contributed by atoms with van der Waals surface area (Å²) >= 11 is 0. The van der Waals surface area contributed by atoms with Crippen LogP contribution < -0.4 is 5.32 Å². The summed E-state index contributed by atoms with van der Waals surface area (Å²) in [4.78, 5) is 34.8. The zero-order chi connectivity index (χ0) is 15.8. The van der Waals surface area contributed by atoms with Crippen molar-refractivity contribution in [1.82, 2.24) is 5.32 Å². The molecule has 0 aromatic heterocycles. The number of rotatable bonds is 7. The predicted molar refractivity (Wildman–Crippen MR) is 74.2 cm³/mol. The first-order valence-corrected chi connectivity index (χ1v) is 6.48. The van der Waals surface area contributed by atoms with Gasteiger partial charge in [-0.15, -0.1) is 6.58 Å². The monoisotopic (exact) mass is 285 g/mol. The Bertz CT molecular complexity index is 370. The number of ether oxygens (including phenoxy) is 2. The molecule has 0 fully saturated rings. The maximum absolute atomic E-state index is 11.9. The van der Waals surface area contributed by atoms with E-state index in [1.54, 1.807) is 27.7 Å². The molecule has 0 aromatic carbocycles. The smallest absolute Gasteiger partial charge is 0.408 e. The first kappa shape index (κ1) is 18.1. The average Bonchev–Trinajstić information content (AvgIpc) is 2.25. The number of Topliss-reactive ketones (excluding diaryl/α,β-unsaturated/α-hetero) is 1. The molecule has 1 amide bonds. The molecule has 0 spiro atoms. The summed E-state index contributed by atoms with van der Waals surface area (Å²) in [7, 11) is 0. The molecule has 0 unspecified atom stereocenters. The maximum atomic E-state index is 11.9. The Hall–Kier alpha value is -1.85. The normalized spacial score (nSPS) is 12.2. The molecule has 0 aliphatic heterocycles. The standard InChI is InChI=1S/C14H23NO5/c1-6-8-10(11(16)9-12(17)19-7-2)15-13(18)20-14(3,4)5/h6,10H,1,7-9H2,2-5H3,(H,15,18)/t10-/m0/s1. The lowest BCUT2D eigenvalue weighted by Gasteiger charge is -2.22.